The van der Waals surface area contributed by atoms with E-state index in [0.717, 1.165) is 27.7 Å². The number of aromatic nitrogens is 3. The number of carbonyl (C=O) groups is 1. The molecule has 4 aromatic rings. The van der Waals surface area contributed by atoms with Gasteiger partial charge in [0.15, 0.2) is 5.13 Å². The van der Waals surface area contributed by atoms with Crippen LogP contribution in [0.3, 0.4) is 0 Å². The minimum Gasteiger partial charge on any atom is -0.337 e. The summed E-state index contributed by atoms with van der Waals surface area (Å²) in [6.45, 7) is 1.32. The molecule has 1 amide bonds. The molecular weight excluding hydrogens is 460 g/mol. The minimum atomic E-state index is -0.0756. The first-order chi connectivity index (χ1) is 13.6. The van der Waals surface area contributed by atoms with Gasteiger partial charge in [-0.15, -0.1) is 0 Å². The number of imidazole rings is 1. The van der Waals surface area contributed by atoms with Crippen LogP contribution in [0.15, 0.2) is 65.7 Å². The first kappa shape index (κ1) is 19.1. The Morgan fingerprint density at radius 3 is 2.75 bits per heavy atom. The average molecular weight is 476 g/mol. The molecule has 28 heavy (non-hydrogen) atoms. The molecule has 0 saturated carbocycles. The van der Waals surface area contributed by atoms with Crippen molar-refractivity contribution in [3.63, 3.8) is 0 Å². The monoisotopic (exact) mass is 474 g/mol. The fraction of sp³-hybridized carbons (Fsp3) is 0.150. The van der Waals surface area contributed by atoms with Gasteiger partial charge >= 0.3 is 0 Å². The Hall–Kier alpha value is -2.22. The summed E-state index contributed by atoms with van der Waals surface area (Å²) < 4.78 is 3.89. The van der Waals surface area contributed by atoms with E-state index in [2.05, 4.69) is 25.9 Å². The number of nitrogens with zero attached hydrogens (tertiary/aromatic N) is 4. The number of para-hydroxylation sites is 1. The second-order valence-electron chi connectivity index (χ2n) is 6.20. The molecule has 5 nitrogen and oxygen atoms in total. The maximum atomic E-state index is 13.2. The van der Waals surface area contributed by atoms with Crippen LogP contribution in [0.2, 0.25) is 5.02 Å². The molecule has 0 unspecified atom stereocenters. The van der Waals surface area contributed by atoms with Gasteiger partial charge in [0, 0.05) is 35.5 Å². The molecule has 142 valence electrons. The molecule has 2 aromatic heterocycles. The Kier molecular flexibility index (Phi) is 5.75. The third-order valence-electron chi connectivity index (χ3n) is 4.28. The molecule has 0 aliphatic carbocycles. The molecule has 8 heteroatoms. The van der Waals surface area contributed by atoms with E-state index in [9.17, 15) is 4.79 Å². The van der Waals surface area contributed by atoms with E-state index in [4.69, 9.17) is 11.6 Å². The van der Waals surface area contributed by atoms with Gasteiger partial charge in [0.2, 0.25) is 0 Å². The summed E-state index contributed by atoms with van der Waals surface area (Å²) in [6, 6.07) is 13.0. The van der Waals surface area contributed by atoms with E-state index < -0.39 is 0 Å². The van der Waals surface area contributed by atoms with Gasteiger partial charge in [-0.2, -0.15) is 0 Å². The highest BCUT2D eigenvalue weighted by molar-refractivity contribution is 9.10. The van der Waals surface area contributed by atoms with E-state index in [1.807, 2.05) is 53.2 Å². The molecule has 2 heterocycles. The second kappa shape index (κ2) is 8.43. The van der Waals surface area contributed by atoms with Crippen molar-refractivity contribution in [2.45, 2.75) is 13.0 Å². The largest absolute Gasteiger partial charge is 0.337 e. The molecule has 0 bridgehead atoms. The van der Waals surface area contributed by atoms with Crippen LogP contribution in [0.4, 0.5) is 5.13 Å². The molecule has 0 spiro atoms. The molecule has 0 aliphatic rings. The zero-order chi connectivity index (χ0) is 19.5. The number of hydrogen-bond acceptors (Lipinski definition) is 4. The lowest BCUT2D eigenvalue weighted by atomic mass is 10.2. The highest BCUT2D eigenvalue weighted by Crippen LogP contribution is 2.33. The lowest BCUT2D eigenvalue weighted by Crippen LogP contribution is -2.32. The van der Waals surface area contributed by atoms with E-state index in [1.165, 1.54) is 11.3 Å². The predicted octanol–water partition coefficient (Wildman–Crippen LogP) is 5.65. The van der Waals surface area contributed by atoms with Gasteiger partial charge in [-0.3, -0.25) is 9.69 Å². The first-order valence-electron chi connectivity index (χ1n) is 8.70. The van der Waals surface area contributed by atoms with Crippen LogP contribution in [0, 0.1) is 0 Å². The average Bonchev–Trinajstić information content (AvgIpc) is 3.36. The van der Waals surface area contributed by atoms with Crippen LogP contribution in [-0.4, -0.2) is 27.0 Å². The van der Waals surface area contributed by atoms with Crippen molar-refractivity contribution in [1.29, 1.82) is 0 Å². The van der Waals surface area contributed by atoms with Crippen LogP contribution < -0.4 is 4.90 Å². The van der Waals surface area contributed by atoms with Gasteiger partial charge < -0.3 is 4.57 Å². The van der Waals surface area contributed by atoms with Crippen molar-refractivity contribution in [3.8, 4) is 0 Å². The molecule has 2 aromatic carbocycles. The number of halogens is 2. The van der Waals surface area contributed by atoms with Crippen LogP contribution in [0.5, 0.6) is 0 Å². The van der Waals surface area contributed by atoms with Crippen molar-refractivity contribution in [2.75, 3.05) is 11.4 Å². The Labute approximate surface area is 179 Å². The smallest absolute Gasteiger partial charge is 0.260 e. The fourth-order valence-electron chi connectivity index (χ4n) is 2.88. The molecule has 0 radical (unpaired) electrons. The van der Waals surface area contributed by atoms with E-state index in [1.54, 1.807) is 17.4 Å². The maximum absolute atomic E-state index is 13.2. The molecule has 4 rings (SSSR count). The van der Waals surface area contributed by atoms with Crippen LogP contribution >= 0.6 is 38.9 Å². The van der Waals surface area contributed by atoms with Crippen molar-refractivity contribution >= 4 is 60.1 Å². The third-order valence-corrected chi connectivity index (χ3v) is 6.16. The third kappa shape index (κ3) is 4.11. The number of amides is 1. The van der Waals surface area contributed by atoms with Crippen LogP contribution in [0.25, 0.3) is 10.2 Å². The Morgan fingerprint density at radius 2 is 2.04 bits per heavy atom. The quantitative estimate of drug-likeness (QED) is 0.362. The lowest BCUT2D eigenvalue weighted by Gasteiger charge is -2.20. The highest BCUT2D eigenvalue weighted by atomic mass is 79.9. The number of benzene rings is 2. The number of rotatable bonds is 6. The summed E-state index contributed by atoms with van der Waals surface area (Å²) in [5.41, 5.74) is 1.35. The molecule has 0 aliphatic heterocycles. The van der Waals surface area contributed by atoms with E-state index in [0.29, 0.717) is 22.3 Å². The summed E-state index contributed by atoms with van der Waals surface area (Å²) in [6.07, 6.45) is 6.22. The topological polar surface area (TPSA) is 51.0 Å². The molecular formula is C20H16BrClN4OS. The molecule has 0 N–H and O–H groups in total. The summed E-state index contributed by atoms with van der Waals surface area (Å²) in [5.74, 6) is -0.0756. The lowest BCUT2D eigenvalue weighted by molar-refractivity contribution is 0.0986. The number of thiazole rings is 1. The Balaban J connectivity index is 1.64. The van der Waals surface area contributed by atoms with Gasteiger partial charge in [0.1, 0.15) is 5.52 Å². The predicted molar refractivity (Wildman–Crippen MR) is 117 cm³/mol. The van der Waals surface area contributed by atoms with E-state index in [-0.39, 0.29) is 5.91 Å². The summed E-state index contributed by atoms with van der Waals surface area (Å²) in [4.78, 5) is 23.7. The highest BCUT2D eigenvalue weighted by Gasteiger charge is 2.21. The van der Waals surface area contributed by atoms with E-state index >= 15 is 0 Å². The molecule has 0 fully saturated rings. The molecule has 0 saturated heterocycles. The zero-order valence-corrected chi connectivity index (χ0v) is 17.9. The SMILES string of the molecule is O=C(c1ccc(Br)cc1)N(CCCn1ccnc1)c1nc2c(Cl)cccc2s1. The molecule has 0 atom stereocenters. The number of fused-ring (bicyclic) bond motifs is 1. The summed E-state index contributed by atoms with van der Waals surface area (Å²) in [7, 11) is 0. The Bertz CT molecular complexity index is 1100. The maximum Gasteiger partial charge on any atom is 0.260 e. The van der Waals surface area contributed by atoms with Gasteiger partial charge in [0.05, 0.1) is 16.0 Å². The van der Waals surface area contributed by atoms with Crippen LogP contribution in [-0.2, 0) is 6.54 Å². The van der Waals surface area contributed by atoms with Gasteiger partial charge in [0.25, 0.3) is 5.91 Å². The number of carbonyl (C=O) groups excluding carboxylic acids is 1. The minimum absolute atomic E-state index is 0.0756. The number of anilines is 1. The normalized spacial score (nSPS) is 11.1. The zero-order valence-electron chi connectivity index (χ0n) is 14.8. The van der Waals surface area contributed by atoms with Crippen molar-refractivity contribution in [2.24, 2.45) is 0 Å². The second-order valence-corrected chi connectivity index (χ2v) is 8.53. The summed E-state index contributed by atoms with van der Waals surface area (Å²) in [5, 5.41) is 1.25. The van der Waals surface area contributed by atoms with Crippen molar-refractivity contribution in [3.05, 3.63) is 76.2 Å². The van der Waals surface area contributed by atoms with Gasteiger partial charge in [-0.25, -0.2) is 9.97 Å². The standard InChI is InChI=1S/C20H16BrClN4OS/c21-15-7-5-14(6-8-15)19(27)26(11-2-10-25-12-9-23-13-25)20-24-18-16(22)3-1-4-17(18)28-20/h1,3-9,12-13H,2,10-11H2. The van der Waals surface area contributed by atoms with Crippen molar-refractivity contribution in [1.82, 2.24) is 14.5 Å². The van der Waals surface area contributed by atoms with Gasteiger partial charge in [-0.1, -0.05) is 44.9 Å². The number of hydrogen-bond donors (Lipinski definition) is 0. The Morgan fingerprint density at radius 1 is 1.21 bits per heavy atom. The number of aryl methyl sites for hydroxylation is 1. The fourth-order valence-corrected chi connectivity index (χ4v) is 4.44. The van der Waals surface area contributed by atoms with Crippen LogP contribution in [0.1, 0.15) is 16.8 Å². The first-order valence-corrected chi connectivity index (χ1v) is 10.7. The summed E-state index contributed by atoms with van der Waals surface area (Å²) >= 11 is 11.2. The van der Waals surface area contributed by atoms with Crippen molar-refractivity contribution < 1.29 is 4.79 Å². The van der Waals surface area contributed by atoms with Gasteiger partial charge in [-0.05, 0) is 42.8 Å².